The number of rotatable bonds is 4. The van der Waals surface area contributed by atoms with Crippen molar-refractivity contribution in [1.82, 2.24) is 0 Å². The van der Waals surface area contributed by atoms with Crippen molar-refractivity contribution >= 4 is 15.9 Å². The van der Waals surface area contributed by atoms with Crippen molar-refractivity contribution in [2.24, 2.45) is 0 Å². The summed E-state index contributed by atoms with van der Waals surface area (Å²) in [6.45, 7) is 4.79. The number of hydrogen-bond acceptors (Lipinski definition) is 3. The molecule has 4 heteroatoms. The molecule has 1 unspecified atom stereocenters. The van der Waals surface area contributed by atoms with Crippen molar-refractivity contribution in [3.8, 4) is 5.75 Å². The summed E-state index contributed by atoms with van der Waals surface area (Å²) in [5.74, 6) is 0.774. The van der Waals surface area contributed by atoms with Gasteiger partial charge in [0.05, 0.1) is 18.3 Å². The van der Waals surface area contributed by atoms with Crippen LogP contribution in [0.25, 0.3) is 0 Å². The van der Waals surface area contributed by atoms with Crippen molar-refractivity contribution in [3.63, 3.8) is 0 Å². The molecule has 0 saturated carbocycles. The molecule has 0 bridgehead atoms. The van der Waals surface area contributed by atoms with E-state index in [0.717, 1.165) is 28.6 Å². The number of aliphatic hydroxyl groups is 1. The van der Waals surface area contributed by atoms with Gasteiger partial charge in [0.15, 0.2) is 0 Å². The Morgan fingerprint density at radius 2 is 2.28 bits per heavy atom. The quantitative estimate of drug-likeness (QED) is 0.927. The minimum absolute atomic E-state index is 0.00471. The lowest BCUT2D eigenvalue weighted by molar-refractivity contribution is -0.0326. The molecular formula is C14H19BrO3. The first-order chi connectivity index (χ1) is 8.50. The van der Waals surface area contributed by atoms with Gasteiger partial charge < -0.3 is 14.6 Å². The highest BCUT2D eigenvalue weighted by molar-refractivity contribution is 9.10. The standard InChI is InChI=1S/C14H19BrO3/c1-14(2)6-5-12(18-14)9-17-11-3-4-13(15)10(7-11)8-16/h3-4,7,12,16H,5-6,8-9H2,1-2H3. The van der Waals surface area contributed by atoms with Crippen LogP contribution < -0.4 is 4.74 Å². The first-order valence-corrected chi connectivity index (χ1v) is 6.99. The molecule has 18 heavy (non-hydrogen) atoms. The van der Waals surface area contributed by atoms with Gasteiger partial charge in [-0.25, -0.2) is 0 Å². The molecule has 1 heterocycles. The molecule has 1 aromatic carbocycles. The Morgan fingerprint density at radius 1 is 1.50 bits per heavy atom. The number of halogens is 1. The second-order valence-corrected chi connectivity index (χ2v) is 6.11. The molecule has 1 atom stereocenters. The van der Waals surface area contributed by atoms with Crippen LogP contribution >= 0.6 is 15.9 Å². The molecule has 0 radical (unpaired) electrons. The van der Waals surface area contributed by atoms with Crippen LogP contribution in [0.1, 0.15) is 32.3 Å². The van der Waals surface area contributed by atoms with Gasteiger partial charge in [0.2, 0.25) is 0 Å². The molecule has 2 rings (SSSR count). The van der Waals surface area contributed by atoms with Crippen LogP contribution in [0.3, 0.4) is 0 Å². The van der Waals surface area contributed by atoms with E-state index in [1.165, 1.54) is 0 Å². The molecule has 1 fully saturated rings. The van der Waals surface area contributed by atoms with E-state index in [9.17, 15) is 5.11 Å². The van der Waals surface area contributed by atoms with Crippen LogP contribution in [0, 0.1) is 0 Å². The van der Waals surface area contributed by atoms with Crippen LogP contribution in [0.4, 0.5) is 0 Å². The summed E-state index contributed by atoms with van der Waals surface area (Å²) in [5, 5.41) is 9.18. The molecule has 1 aromatic rings. The van der Waals surface area contributed by atoms with Crippen molar-refractivity contribution < 1.29 is 14.6 Å². The molecule has 0 aliphatic carbocycles. The summed E-state index contributed by atoms with van der Waals surface area (Å²) < 4.78 is 12.5. The van der Waals surface area contributed by atoms with Gasteiger partial charge in [-0.1, -0.05) is 15.9 Å². The van der Waals surface area contributed by atoms with Gasteiger partial charge in [-0.05, 0) is 50.5 Å². The Labute approximate surface area is 116 Å². The van der Waals surface area contributed by atoms with Crippen LogP contribution in [0.5, 0.6) is 5.75 Å². The van der Waals surface area contributed by atoms with E-state index in [0.29, 0.717) is 6.61 Å². The average molecular weight is 315 g/mol. The Balaban J connectivity index is 1.91. The van der Waals surface area contributed by atoms with E-state index in [2.05, 4.69) is 29.8 Å². The van der Waals surface area contributed by atoms with Crippen LogP contribution in [0.2, 0.25) is 0 Å². The summed E-state index contributed by atoms with van der Waals surface area (Å²) >= 11 is 3.38. The molecule has 1 saturated heterocycles. The van der Waals surface area contributed by atoms with Gasteiger partial charge in [0, 0.05) is 4.47 Å². The SMILES string of the molecule is CC1(C)CCC(COc2ccc(Br)c(CO)c2)O1. The van der Waals surface area contributed by atoms with Gasteiger partial charge in [-0.3, -0.25) is 0 Å². The van der Waals surface area contributed by atoms with Crippen molar-refractivity contribution in [2.75, 3.05) is 6.61 Å². The number of ether oxygens (including phenoxy) is 2. The zero-order valence-electron chi connectivity index (χ0n) is 10.8. The Hall–Kier alpha value is -0.580. The van der Waals surface area contributed by atoms with Crippen molar-refractivity contribution in [3.05, 3.63) is 28.2 Å². The molecular weight excluding hydrogens is 296 g/mol. The molecule has 0 spiro atoms. The van der Waals surface area contributed by atoms with Gasteiger partial charge >= 0.3 is 0 Å². The third-order valence-electron chi connectivity index (χ3n) is 3.18. The summed E-state index contributed by atoms with van der Waals surface area (Å²) in [4.78, 5) is 0. The van der Waals surface area contributed by atoms with Crippen molar-refractivity contribution in [1.29, 1.82) is 0 Å². The second kappa shape index (κ2) is 5.59. The Morgan fingerprint density at radius 3 is 2.89 bits per heavy atom. The first kappa shape index (κ1) is 13.8. The van der Waals surface area contributed by atoms with E-state index in [-0.39, 0.29) is 18.3 Å². The molecule has 100 valence electrons. The smallest absolute Gasteiger partial charge is 0.119 e. The maximum Gasteiger partial charge on any atom is 0.119 e. The van der Waals surface area contributed by atoms with Crippen molar-refractivity contribution in [2.45, 2.75) is 45.0 Å². The third-order valence-corrected chi connectivity index (χ3v) is 3.95. The molecule has 1 aliphatic heterocycles. The van der Waals surface area contributed by atoms with Gasteiger partial charge in [-0.15, -0.1) is 0 Å². The predicted molar refractivity (Wildman–Crippen MR) is 73.7 cm³/mol. The van der Waals surface area contributed by atoms with Crippen LogP contribution in [-0.4, -0.2) is 23.4 Å². The van der Waals surface area contributed by atoms with Gasteiger partial charge in [0.25, 0.3) is 0 Å². The lowest BCUT2D eigenvalue weighted by atomic mass is 10.1. The highest BCUT2D eigenvalue weighted by Crippen LogP contribution is 2.30. The monoisotopic (exact) mass is 314 g/mol. The largest absolute Gasteiger partial charge is 0.491 e. The lowest BCUT2D eigenvalue weighted by Gasteiger charge is -2.19. The van der Waals surface area contributed by atoms with E-state index in [4.69, 9.17) is 9.47 Å². The van der Waals surface area contributed by atoms with Gasteiger partial charge in [-0.2, -0.15) is 0 Å². The van der Waals surface area contributed by atoms with E-state index < -0.39 is 0 Å². The fourth-order valence-corrected chi connectivity index (χ4v) is 2.52. The average Bonchev–Trinajstić information content (AvgIpc) is 2.68. The summed E-state index contributed by atoms with van der Waals surface area (Å²) in [7, 11) is 0. The van der Waals surface area contributed by atoms with E-state index in [1.54, 1.807) is 0 Å². The Bertz CT molecular complexity index is 418. The molecule has 0 amide bonds. The lowest BCUT2D eigenvalue weighted by Crippen LogP contribution is -2.23. The molecule has 3 nitrogen and oxygen atoms in total. The minimum Gasteiger partial charge on any atom is -0.491 e. The third kappa shape index (κ3) is 3.46. The molecule has 1 aliphatic rings. The number of aliphatic hydroxyl groups excluding tert-OH is 1. The zero-order valence-corrected chi connectivity index (χ0v) is 12.4. The van der Waals surface area contributed by atoms with Crippen LogP contribution in [0.15, 0.2) is 22.7 Å². The normalized spacial score (nSPS) is 22.1. The van der Waals surface area contributed by atoms with E-state index in [1.807, 2.05) is 18.2 Å². The highest BCUT2D eigenvalue weighted by atomic mass is 79.9. The first-order valence-electron chi connectivity index (χ1n) is 6.20. The second-order valence-electron chi connectivity index (χ2n) is 5.26. The maximum absolute atomic E-state index is 9.18. The molecule has 1 N–H and O–H groups in total. The summed E-state index contributed by atoms with van der Waals surface area (Å²) in [6, 6.07) is 5.63. The highest BCUT2D eigenvalue weighted by Gasteiger charge is 2.31. The van der Waals surface area contributed by atoms with Gasteiger partial charge in [0.1, 0.15) is 12.4 Å². The number of benzene rings is 1. The van der Waals surface area contributed by atoms with Crippen LogP contribution in [-0.2, 0) is 11.3 Å². The van der Waals surface area contributed by atoms with E-state index >= 15 is 0 Å². The minimum atomic E-state index is -0.0238. The fourth-order valence-electron chi connectivity index (χ4n) is 2.15. The number of hydrogen-bond donors (Lipinski definition) is 1. The fraction of sp³-hybridized carbons (Fsp3) is 0.571. The zero-order chi connectivity index (χ0) is 13.2. The Kier molecular flexibility index (Phi) is 4.30. The topological polar surface area (TPSA) is 38.7 Å². The summed E-state index contributed by atoms with van der Waals surface area (Å²) in [6.07, 6.45) is 2.28. The predicted octanol–water partition coefficient (Wildman–Crippen LogP) is 3.28. The maximum atomic E-state index is 9.18. The summed E-state index contributed by atoms with van der Waals surface area (Å²) in [5.41, 5.74) is 0.810. The molecule has 0 aromatic heterocycles.